The quantitative estimate of drug-likeness (QED) is 0.793. The van der Waals surface area contributed by atoms with Gasteiger partial charge >= 0.3 is 0 Å². The molecule has 0 aliphatic rings. The SMILES string of the molecule is CCOCC(C)Oc1ccc([C@H](N)CC)cc1. The largest absolute Gasteiger partial charge is 0.488 e. The summed E-state index contributed by atoms with van der Waals surface area (Å²) < 4.78 is 11.0. The molecule has 0 saturated carbocycles. The van der Waals surface area contributed by atoms with E-state index in [4.69, 9.17) is 15.2 Å². The standard InChI is InChI=1S/C14H23NO2/c1-4-14(15)12-6-8-13(9-7-12)17-11(3)10-16-5-2/h6-9,11,14H,4-5,10,15H2,1-3H3/t11?,14-/m1/s1. The molecule has 0 heterocycles. The molecule has 2 atom stereocenters. The van der Waals surface area contributed by atoms with Crippen molar-refractivity contribution in [2.24, 2.45) is 5.73 Å². The fraction of sp³-hybridized carbons (Fsp3) is 0.571. The molecule has 0 saturated heterocycles. The Bertz CT molecular complexity index is 311. The average molecular weight is 237 g/mol. The van der Waals surface area contributed by atoms with Crippen molar-refractivity contribution in [1.82, 2.24) is 0 Å². The van der Waals surface area contributed by atoms with E-state index in [1.165, 1.54) is 0 Å². The molecule has 0 aliphatic carbocycles. The van der Waals surface area contributed by atoms with E-state index in [-0.39, 0.29) is 12.1 Å². The topological polar surface area (TPSA) is 44.5 Å². The van der Waals surface area contributed by atoms with Gasteiger partial charge in [0.05, 0.1) is 6.61 Å². The summed E-state index contributed by atoms with van der Waals surface area (Å²) in [5.74, 6) is 0.865. The summed E-state index contributed by atoms with van der Waals surface area (Å²) in [6.07, 6.45) is 1.02. The third-order valence-electron chi connectivity index (χ3n) is 2.64. The maximum Gasteiger partial charge on any atom is 0.119 e. The van der Waals surface area contributed by atoms with Crippen LogP contribution < -0.4 is 10.5 Å². The Morgan fingerprint density at radius 1 is 1.18 bits per heavy atom. The normalized spacial score (nSPS) is 14.4. The van der Waals surface area contributed by atoms with Crippen LogP contribution in [0.1, 0.15) is 38.8 Å². The van der Waals surface area contributed by atoms with Gasteiger partial charge in [-0.3, -0.25) is 0 Å². The first-order chi connectivity index (χ1) is 8.17. The van der Waals surface area contributed by atoms with Crippen molar-refractivity contribution in [1.29, 1.82) is 0 Å². The van der Waals surface area contributed by atoms with Crippen LogP contribution in [0.4, 0.5) is 0 Å². The monoisotopic (exact) mass is 237 g/mol. The molecule has 0 amide bonds. The first kappa shape index (κ1) is 14.0. The molecule has 2 N–H and O–H groups in total. The summed E-state index contributed by atoms with van der Waals surface area (Å²) in [6.45, 7) is 7.40. The molecule has 0 fully saturated rings. The molecule has 0 spiro atoms. The summed E-state index contributed by atoms with van der Waals surface area (Å²) >= 11 is 0. The molecule has 96 valence electrons. The van der Waals surface area contributed by atoms with Crippen LogP contribution >= 0.6 is 0 Å². The zero-order valence-corrected chi connectivity index (χ0v) is 11.0. The average Bonchev–Trinajstić information content (AvgIpc) is 2.36. The smallest absolute Gasteiger partial charge is 0.119 e. The lowest BCUT2D eigenvalue weighted by Crippen LogP contribution is -2.19. The minimum atomic E-state index is 0.0700. The van der Waals surface area contributed by atoms with Gasteiger partial charge in [0.25, 0.3) is 0 Å². The van der Waals surface area contributed by atoms with Gasteiger partial charge in [-0.05, 0) is 38.0 Å². The van der Waals surface area contributed by atoms with Crippen LogP contribution in [-0.2, 0) is 4.74 Å². The van der Waals surface area contributed by atoms with E-state index in [1.807, 2.05) is 38.1 Å². The molecule has 0 bridgehead atoms. The number of ether oxygens (including phenoxy) is 2. The molecule has 1 unspecified atom stereocenters. The minimum Gasteiger partial charge on any atom is -0.488 e. The number of nitrogens with two attached hydrogens (primary N) is 1. The van der Waals surface area contributed by atoms with Gasteiger partial charge in [-0.15, -0.1) is 0 Å². The Labute approximate surface area is 104 Å². The second kappa shape index (κ2) is 7.30. The second-order valence-corrected chi connectivity index (χ2v) is 4.17. The molecule has 0 radical (unpaired) electrons. The Hall–Kier alpha value is -1.06. The van der Waals surface area contributed by atoms with E-state index in [9.17, 15) is 0 Å². The van der Waals surface area contributed by atoms with E-state index >= 15 is 0 Å². The van der Waals surface area contributed by atoms with Crippen molar-refractivity contribution in [2.45, 2.75) is 39.3 Å². The number of hydrogen-bond donors (Lipinski definition) is 1. The zero-order valence-electron chi connectivity index (χ0n) is 11.0. The van der Waals surface area contributed by atoms with E-state index in [0.717, 1.165) is 24.3 Å². The van der Waals surface area contributed by atoms with E-state index < -0.39 is 0 Å². The van der Waals surface area contributed by atoms with Gasteiger partial charge in [0.1, 0.15) is 11.9 Å². The predicted molar refractivity (Wildman–Crippen MR) is 70.2 cm³/mol. The van der Waals surface area contributed by atoms with Gasteiger partial charge in [0, 0.05) is 12.6 Å². The van der Waals surface area contributed by atoms with Crippen molar-refractivity contribution in [3.8, 4) is 5.75 Å². The van der Waals surface area contributed by atoms with Gasteiger partial charge in [-0.25, -0.2) is 0 Å². The molecule has 3 nitrogen and oxygen atoms in total. The van der Waals surface area contributed by atoms with Crippen LogP contribution in [0.2, 0.25) is 0 Å². The fourth-order valence-corrected chi connectivity index (χ4v) is 1.58. The Balaban J connectivity index is 2.50. The van der Waals surface area contributed by atoms with Crippen molar-refractivity contribution >= 4 is 0 Å². The van der Waals surface area contributed by atoms with Crippen LogP contribution in [0.25, 0.3) is 0 Å². The number of hydrogen-bond acceptors (Lipinski definition) is 3. The zero-order chi connectivity index (χ0) is 12.7. The Morgan fingerprint density at radius 3 is 2.35 bits per heavy atom. The van der Waals surface area contributed by atoms with Crippen LogP contribution in [0.5, 0.6) is 5.75 Å². The third-order valence-corrected chi connectivity index (χ3v) is 2.64. The summed E-state index contributed by atoms with van der Waals surface area (Å²) in [6, 6.07) is 8.10. The highest BCUT2D eigenvalue weighted by Gasteiger charge is 2.06. The number of benzene rings is 1. The lowest BCUT2D eigenvalue weighted by molar-refractivity contribution is 0.0657. The molecular formula is C14H23NO2. The maximum atomic E-state index is 5.95. The first-order valence-corrected chi connectivity index (χ1v) is 6.27. The molecule has 0 aromatic heterocycles. The third kappa shape index (κ3) is 4.75. The van der Waals surface area contributed by atoms with E-state index in [0.29, 0.717) is 6.61 Å². The van der Waals surface area contributed by atoms with Crippen molar-refractivity contribution in [3.63, 3.8) is 0 Å². The Morgan fingerprint density at radius 2 is 1.82 bits per heavy atom. The molecule has 1 aromatic carbocycles. The van der Waals surface area contributed by atoms with Crippen LogP contribution in [0, 0.1) is 0 Å². The maximum absolute atomic E-state index is 5.95. The molecule has 17 heavy (non-hydrogen) atoms. The second-order valence-electron chi connectivity index (χ2n) is 4.17. The van der Waals surface area contributed by atoms with E-state index in [2.05, 4.69) is 6.92 Å². The van der Waals surface area contributed by atoms with Crippen LogP contribution in [-0.4, -0.2) is 19.3 Å². The lowest BCUT2D eigenvalue weighted by Gasteiger charge is -2.15. The fourth-order valence-electron chi connectivity index (χ4n) is 1.58. The molecule has 1 rings (SSSR count). The summed E-state index contributed by atoms with van der Waals surface area (Å²) in [5.41, 5.74) is 7.10. The number of rotatable bonds is 7. The summed E-state index contributed by atoms with van der Waals surface area (Å²) in [5, 5.41) is 0. The van der Waals surface area contributed by atoms with Crippen LogP contribution in [0.3, 0.4) is 0 Å². The lowest BCUT2D eigenvalue weighted by atomic mass is 10.1. The van der Waals surface area contributed by atoms with Gasteiger partial charge in [-0.2, -0.15) is 0 Å². The first-order valence-electron chi connectivity index (χ1n) is 6.27. The highest BCUT2D eigenvalue weighted by atomic mass is 16.5. The highest BCUT2D eigenvalue weighted by molar-refractivity contribution is 5.29. The summed E-state index contributed by atoms with van der Waals surface area (Å²) in [4.78, 5) is 0. The van der Waals surface area contributed by atoms with Gasteiger partial charge in [0.15, 0.2) is 0 Å². The van der Waals surface area contributed by atoms with Gasteiger partial charge < -0.3 is 15.2 Å². The summed E-state index contributed by atoms with van der Waals surface area (Å²) in [7, 11) is 0. The van der Waals surface area contributed by atoms with Crippen LogP contribution in [0.15, 0.2) is 24.3 Å². The highest BCUT2D eigenvalue weighted by Crippen LogP contribution is 2.19. The van der Waals surface area contributed by atoms with Crippen molar-refractivity contribution < 1.29 is 9.47 Å². The van der Waals surface area contributed by atoms with Crippen molar-refractivity contribution in [3.05, 3.63) is 29.8 Å². The molecule has 0 aliphatic heterocycles. The van der Waals surface area contributed by atoms with Gasteiger partial charge in [-0.1, -0.05) is 19.1 Å². The minimum absolute atomic E-state index is 0.0700. The van der Waals surface area contributed by atoms with Crippen molar-refractivity contribution in [2.75, 3.05) is 13.2 Å². The molecule has 1 aromatic rings. The van der Waals surface area contributed by atoms with Gasteiger partial charge in [0.2, 0.25) is 0 Å². The molecular weight excluding hydrogens is 214 g/mol. The Kier molecular flexibility index (Phi) is 6.01. The van der Waals surface area contributed by atoms with E-state index in [1.54, 1.807) is 0 Å². The molecule has 3 heteroatoms. The predicted octanol–water partition coefficient (Wildman–Crippen LogP) is 2.90.